The van der Waals surface area contributed by atoms with E-state index in [1.807, 2.05) is 18.2 Å². The molecule has 2 N–H and O–H groups in total. The first-order chi connectivity index (χ1) is 15.1. The Balaban J connectivity index is 0. The van der Waals surface area contributed by atoms with Crippen LogP contribution in [0.5, 0.6) is 0 Å². The van der Waals surface area contributed by atoms with Crippen LogP contribution in [0, 0.1) is 18.1 Å². The summed E-state index contributed by atoms with van der Waals surface area (Å²) in [7, 11) is 0. The molecule has 4 nitrogen and oxygen atoms in total. The summed E-state index contributed by atoms with van der Waals surface area (Å²) in [6.45, 7) is 12.5. The van der Waals surface area contributed by atoms with Gasteiger partial charge in [0.25, 0.3) is 0 Å². The molecule has 2 rings (SSSR count). The summed E-state index contributed by atoms with van der Waals surface area (Å²) in [6.07, 6.45) is 5.24. The third kappa shape index (κ3) is 10.5. The van der Waals surface area contributed by atoms with E-state index in [-0.39, 0.29) is 18.9 Å². The Bertz CT molecular complexity index is 821. The second kappa shape index (κ2) is 17.3. The van der Waals surface area contributed by atoms with Crippen LogP contribution in [0.3, 0.4) is 0 Å². The van der Waals surface area contributed by atoms with Crippen molar-refractivity contribution < 1.29 is 47.4 Å². The van der Waals surface area contributed by atoms with E-state index >= 15 is 0 Å². The molecule has 33 heavy (non-hydrogen) atoms. The topological polar surface area (TPSA) is 74.6 Å². The van der Waals surface area contributed by atoms with Crippen LogP contribution in [-0.4, -0.2) is 22.2 Å². The summed E-state index contributed by atoms with van der Waals surface area (Å²) in [5.74, 6) is -3.91. The second-order valence-corrected chi connectivity index (χ2v) is 7.45. The van der Waals surface area contributed by atoms with Gasteiger partial charge in [-0.1, -0.05) is 58.9 Å². The summed E-state index contributed by atoms with van der Waals surface area (Å²) in [4.78, 5) is 21.6. The van der Waals surface area contributed by atoms with Gasteiger partial charge in [-0.3, -0.25) is 0 Å². The van der Waals surface area contributed by atoms with Gasteiger partial charge in [0.2, 0.25) is 0 Å². The summed E-state index contributed by atoms with van der Waals surface area (Å²) >= 11 is 0. The average molecular weight is 456 g/mol. The molecule has 0 heterocycles. The van der Waals surface area contributed by atoms with Crippen LogP contribution < -0.4 is 18.9 Å². The molecule has 2 unspecified atom stereocenters. The van der Waals surface area contributed by atoms with Crippen molar-refractivity contribution in [3.8, 4) is 0 Å². The Labute approximate surface area is 208 Å². The van der Waals surface area contributed by atoms with Crippen molar-refractivity contribution in [2.45, 2.75) is 72.6 Å². The number of aromatic carboxylic acids is 2. The van der Waals surface area contributed by atoms with Crippen LogP contribution in [0.1, 0.15) is 104 Å². The van der Waals surface area contributed by atoms with Crippen LogP contribution in [0.15, 0.2) is 36.4 Å². The van der Waals surface area contributed by atoms with Crippen molar-refractivity contribution in [1.82, 2.24) is 0 Å². The maximum absolute atomic E-state index is 12.5. The van der Waals surface area contributed by atoms with Crippen molar-refractivity contribution >= 4 is 11.9 Å². The molecule has 2 aromatic rings. The molecule has 2 aromatic carbocycles. The molecule has 7 heteroatoms. The summed E-state index contributed by atoms with van der Waals surface area (Å²) in [5, 5.41) is 17.7. The van der Waals surface area contributed by atoms with Crippen LogP contribution >= 0.6 is 0 Å². The van der Waals surface area contributed by atoms with Gasteiger partial charge in [-0.15, -0.1) is 0 Å². The molecule has 0 saturated heterocycles. The monoisotopic (exact) mass is 456 g/mol. The van der Waals surface area contributed by atoms with Crippen molar-refractivity contribution in [3.63, 3.8) is 0 Å². The summed E-state index contributed by atoms with van der Waals surface area (Å²) in [6, 6.07) is 8.78. The first kappa shape index (κ1) is 33.0. The van der Waals surface area contributed by atoms with E-state index in [1.165, 1.54) is 6.42 Å². The van der Waals surface area contributed by atoms with E-state index in [2.05, 4.69) is 48.0 Å². The minimum atomic E-state index is -1.60. The predicted octanol–water partition coefficient (Wildman–Crippen LogP) is 4.70. The fraction of sp³-hybridized carbons (Fsp3) is 0.423. The molecule has 2 atom stereocenters. The predicted molar refractivity (Wildman–Crippen MR) is 124 cm³/mol. The van der Waals surface area contributed by atoms with E-state index in [4.69, 9.17) is 5.11 Å². The standard InChI is InChI=1S/C15H22O2.C7H4F2O2.C4H9.Li/c1-5-10(3)12-8-7-9-13(11(4)6-2)14(12)15(16)17;8-4-2-1-3-5(9)6(4)7(10)11;1-3-4-2;/h7-11H,5-6H2,1-4H3,(H,16,17);1-3H,(H,10,11);3H,4H2,1-2H3;/q;;-1;+1. The van der Waals surface area contributed by atoms with Gasteiger partial charge < -0.3 is 16.6 Å². The van der Waals surface area contributed by atoms with Gasteiger partial charge in [-0.2, -0.15) is 13.3 Å². The molecule has 0 aliphatic heterocycles. The molecule has 0 bridgehead atoms. The number of carboxylic acid groups (broad SMARTS) is 2. The van der Waals surface area contributed by atoms with Gasteiger partial charge in [-0.05, 0) is 47.9 Å². The van der Waals surface area contributed by atoms with Crippen molar-refractivity contribution in [3.05, 3.63) is 76.7 Å². The molecule has 0 radical (unpaired) electrons. The minimum Gasteiger partial charge on any atom is -0.478 e. The Morgan fingerprint density at radius 2 is 1.15 bits per heavy atom. The maximum atomic E-state index is 12.5. The maximum Gasteiger partial charge on any atom is 1.00 e. The molecule has 0 spiro atoms. The van der Waals surface area contributed by atoms with E-state index < -0.39 is 29.1 Å². The number of benzene rings is 2. The van der Waals surface area contributed by atoms with Crippen LogP contribution in [0.2, 0.25) is 0 Å². The third-order valence-electron chi connectivity index (χ3n) is 5.21. The molecule has 0 amide bonds. The quantitative estimate of drug-likeness (QED) is 0.468. The smallest absolute Gasteiger partial charge is 0.478 e. The van der Waals surface area contributed by atoms with Crippen LogP contribution in [0.4, 0.5) is 8.78 Å². The van der Waals surface area contributed by atoms with Crippen LogP contribution in [0.25, 0.3) is 0 Å². The molecular weight excluding hydrogens is 421 g/mol. The molecule has 0 aliphatic rings. The fourth-order valence-electron chi connectivity index (χ4n) is 2.80. The van der Waals surface area contributed by atoms with Gasteiger partial charge in [0.1, 0.15) is 17.2 Å². The zero-order chi connectivity index (χ0) is 24.8. The van der Waals surface area contributed by atoms with Gasteiger partial charge in [0.05, 0.1) is 5.56 Å². The normalized spacial score (nSPS) is 11.5. The number of hydrogen-bond acceptors (Lipinski definition) is 2. The number of carbonyl (C=O) groups is 2. The molecule has 0 saturated carbocycles. The van der Waals surface area contributed by atoms with Crippen molar-refractivity contribution in [2.75, 3.05) is 0 Å². The van der Waals surface area contributed by atoms with Crippen molar-refractivity contribution in [1.29, 1.82) is 0 Å². The molecule has 0 aliphatic carbocycles. The number of halogens is 2. The zero-order valence-electron chi connectivity index (χ0n) is 20.8. The fourth-order valence-corrected chi connectivity index (χ4v) is 2.80. The number of hydrogen-bond donors (Lipinski definition) is 2. The third-order valence-corrected chi connectivity index (χ3v) is 5.21. The largest absolute Gasteiger partial charge is 1.00 e. The molecular formula is C26H35F2LiO4. The van der Waals surface area contributed by atoms with E-state index in [1.54, 1.807) is 0 Å². The second-order valence-electron chi connectivity index (χ2n) is 7.45. The SMILES string of the molecule is CCC(C)c1cccc(C(C)CC)c1C(=O)O.C[CH-]CC.O=C(O)c1c(F)cccc1F.[Li+]. The molecule has 0 aromatic heterocycles. The Morgan fingerprint density at radius 3 is 1.39 bits per heavy atom. The van der Waals surface area contributed by atoms with E-state index in [0.717, 1.165) is 42.2 Å². The average Bonchev–Trinajstić information content (AvgIpc) is 2.77. The van der Waals surface area contributed by atoms with Crippen molar-refractivity contribution in [2.24, 2.45) is 0 Å². The number of carboxylic acids is 2. The summed E-state index contributed by atoms with van der Waals surface area (Å²) < 4.78 is 25.0. The van der Waals surface area contributed by atoms with E-state index in [9.17, 15) is 23.5 Å². The molecule has 0 fully saturated rings. The van der Waals surface area contributed by atoms with Gasteiger partial charge in [-0.25, -0.2) is 18.4 Å². The first-order valence-electron chi connectivity index (χ1n) is 10.9. The minimum absolute atomic E-state index is 0. The number of rotatable bonds is 7. The summed E-state index contributed by atoms with van der Waals surface area (Å²) in [5.41, 5.74) is 1.55. The van der Waals surface area contributed by atoms with Gasteiger partial charge in [0.15, 0.2) is 0 Å². The first-order valence-corrected chi connectivity index (χ1v) is 10.9. The number of unbranched alkanes of at least 4 members (excludes halogenated alkanes) is 1. The Kier molecular flexibility index (Phi) is 17.3. The molecule has 178 valence electrons. The van der Waals surface area contributed by atoms with Gasteiger partial charge in [0, 0.05) is 0 Å². The van der Waals surface area contributed by atoms with E-state index in [0.29, 0.717) is 17.4 Å². The Hall–Kier alpha value is -2.16. The van der Waals surface area contributed by atoms with Crippen LogP contribution in [-0.2, 0) is 0 Å². The Morgan fingerprint density at radius 1 is 0.818 bits per heavy atom. The zero-order valence-corrected chi connectivity index (χ0v) is 20.8. The van der Waals surface area contributed by atoms with Gasteiger partial charge >= 0.3 is 30.8 Å².